The van der Waals surface area contributed by atoms with Crippen LogP contribution in [0, 0.1) is 11.3 Å². The highest BCUT2D eigenvalue weighted by Crippen LogP contribution is 2.43. The van der Waals surface area contributed by atoms with E-state index in [1.54, 1.807) is 13.8 Å². The number of ether oxygens (including phenoxy) is 4. The highest BCUT2D eigenvalue weighted by molar-refractivity contribution is 5.72. The van der Waals surface area contributed by atoms with Gasteiger partial charge in [-0.3, -0.25) is 0 Å². The second kappa shape index (κ2) is 20.6. The summed E-state index contributed by atoms with van der Waals surface area (Å²) < 4.78 is 23.7. The molecule has 0 aromatic rings. The molecule has 3 saturated heterocycles. The topological polar surface area (TPSA) is 179 Å². The van der Waals surface area contributed by atoms with Crippen LogP contribution in [0.5, 0.6) is 0 Å². The zero-order valence-corrected chi connectivity index (χ0v) is 29.6. The molecule has 12 nitrogen and oxygen atoms in total. The molecular weight excluding hydrogens is 590 g/mol. The van der Waals surface area contributed by atoms with Crippen LogP contribution in [0.1, 0.15) is 112 Å². The smallest absolute Gasteiger partial charge is 0.312 e. The summed E-state index contributed by atoms with van der Waals surface area (Å²) in [6, 6.07) is -1.92. The predicted molar refractivity (Wildman–Crippen MR) is 181 cm³/mol. The molecule has 2 saturated carbocycles. The number of hydrogen-bond donors (Lipinski definition) is 6. The minimum atomic E-state index is -1.10. The van der Waals surface area contributed by atoms with E-state index in [4.69, 9.17) is 30.4 Å². The molecule has 0 radical (unpaired) electrons. The Balaban J connectivity index is 0.000000305. The Bertz CT molecular complexity index is 840. The third kappa shape index (κ3) is 14.6. The number of fused-ring (bicyclic) bond motifs is 3. The zero-order chi connectivity index (χ0) is 34.2. The zero-order valence-electron chi connectivity index (χ0n) is 29.6. The van der Waals surface area contributed by atoms with Gasteiger partial charge >= 0.3 is 12.1 Å². The minimum absolute atomic E-state index is 0.0963. The van der Waals surface area contributed by atoms with E-state index in [9.17, 15) is 14.7 Å². The quantitative estimate of drug-likeness (QED) is 0.162. The van der Waals surface area contributed by atoms with E-state index in [1.807, 2.05) is 27.7 Å². The minimum Gasteiger partial charge on any atom is -0.388 e. The van der Waals surface area contributed by atoms with E-state index in [-0.39, 0.29) is 29.8 Å². The SMILES string of the molecule is CC.CC(OCC12CCC(CC1)OC2)C(NC(N)=O)C(C)(C)O.CC(OCC1CCCCC1)C(COC1CCCNC1)NC(N)=O. The van der Waals surface area contributed by atoms with Crippen LogP contribution in [0.3, 0.4) is 0 Å². The standard InChI is InChI=1S/C17H33N3O3.C15H28N2O4.C2H6/c1-13(22-11-14-6-3-2-4-7-14)16(20-17(18)21)12-23-15-8-5-9-19-10-15;1-10(12(14(2,3)19)17-13(16)18)20-8-15-6-4-11(5-7-15)21-9-15;1-2/h13-16,19H,2-12H2,1H3,(H3,18,20,21);10-12,19H,4-9H2,1-3H3,(H3,16,17,18);1-2H3. The van der Waals surface area contributed by atoms with Gasteiger partial charge in [-0.25, -0.2) is 9.59 Å². The van der Waals surface area contributed by atoms with Crippen LogP contribution in [-0.4, -0.2) is 98.8 Å². The lowest BCUT2D eigenvalue weighted by atomic mass is 9.72. The molecule has 0 aromatic carbocycles. The molecule has 46 heavy (non-hydrogen) atoms. The van der Waals surface area contributed by atoms with Crippen LogP contribution in [0.4, 0.5) is 9.59 Å². The second-order valence-electron chi connectivity index (χ2n) is 14.1. The van der Waals surface area contributed by atoms with Crippen molar-refractivity contribution in [3.05, 3.63) is 0 Å². The maximum absolute atomic E-state index is 11.3. The van der Waals surface area contributed by atoms with Crippen molar-refractivity contribution in [2.45, 2.75) is 154 Å². The number of nitrogens with two attached hydrogens (primary N) is 2. The number of hydrogen-bond acceptors (Lipinski definition) is 8. The Morgan fingerprint density at radius 3 is 2.13 bits per heavy atom. The number of carbonyl (C=O) groups is 2. The van der Waals surface area contributed by atoms with Crippen molar-refractivity contribution in [3.8, 4) is 0 Å². The Morgan fingerprint density at radius 1 is 0.957 bits per heavy atom. The van der Waals surface area contributed by atoms with E-state index in [1.165, 1.54) is 32.1 Å². The molecule has 2 aliphatic carbocycles. The molecule has 0 aromatic heterocycles. The summed E-state index contributed by atoms with van der Waals surface area (Å²) in [5, 5.41) is 18.9. The van der Waals surface area contributed by atoms with Crippen molar-refractivity contribution in [1.29, 1.82) is 0 Å². The monoisotopic (exact) mass is 658 g/mol. The number of carbonyl (C=O) groups excluding carboxylic acids is 2. The van der Waals surface area contributed by atoms with Crippen molar-refractivity contribution < 1.29 is 33.6 Å². The average molecular weight is 658 g/mol. The molecule has 8 N–H and O–H groups in total. The third-order valence-electron chi connectivity index (χ3n) is 9.78. The molecule has 5 unspecified atom stereocenters. The largest absolute Gasteiger partial charge is 0.388 e. The fraction of sp³-hybridized carbons (Fsp3) is 0.941. The van der Waals surface area contributed by atoms with Crippen LogP contribution in [0.15, 0.2) is 0 Å². The van der Waals surface area contributed by atoms with Gasteiger partial charge in [0.15, 0.2) is 0 Å². The molecule has 5 fully saturated rings. The van der Waals surface area contributed by atoms with Gasteiger partial charge in [-0.2, -0.15) is 0 Å². The fourth-order valence-corrected chi connectivity index (χ4v) is 6.86. The van der Waals surface area contributed by atoms with Gasteiger partial charge in [0.25, 0.3) is 0 Å². The summed E-state index contributed by atoms with van der Waals surface area (Å²) in [4.78, 5) is 22.4. The highest BCUT2D eigenvalue weighted by Gasteiger charge is 2.43. The van der Waals surface area contributed by atoms with E-state index in [0.717, 1.165) is 64.8 Å². The molecule has 270 valence electrons. The number of urea groups is 2. The predicted octanol–water partition coefficient (Wildman–Crippen LogP) is 3.96. The average Bonchev–Trinajstić information content (AvgIpc) is 3.05. The van der Waals surface area contributed by atoms with Crippen LogP contribution < -0.4 is 27.4 Å². The molecule has 5 aliphatic rings. The van der Waals surface area contributed by atoms with E-state index in [0.29, 0.717) is 25.2 Å². The number of amides is 4. The van der Waals surface area contributed by atoms with Crippen LogP contribution >= 0.6 is 0 Å². The molecular formula is C34H67N5O7. The molecule has 3 heterocycles. The normalized spacial score (nSPS) is 27.5. The van der Waals surface area contributed by atoms with Crippen molar-refractivity contribution in [1.82, 2.24) is 16.0 Å². The maximum atomic E-state index is 11.3. The van der Waals surface area contributed by atoms with E-state index in [2.05, 4.69) is 16.0 Å². The first-order valence-electron chi connectivity index (χ1n) is 17.9. The van der Waals surface area contributed by atoms with Gasteiger partial charge in [0.2, 0.25) is 0 Å². The lowest BCUT2D eigenvalue weighted by Gasteiger charge is -2.47. The number of piperidine rings is 1. The van der Waals surface area contributed by atoms with Crippen LogP contribution in [0.25, 0.3) is 0 Å². The van der Waals surface area contributed by atoms with Gasteiger partial charge in [-0.15, -0.1) is 0 Å². The summed E-state index contributed by atoms with van der Waals surface area (Å²) in [7, 11) is 0. The van der Waals surface area contributed by atoms with Crippen LogP contribution in [-0.2, 0) is 18.9 Å². The van der Waals surface area contributed by atoms with Gasteiger partial charge in [0, 0.05) is 18.6 Å². The van der Waals surface area contributed by atoms with Gasteiger partial charge in [0.05, 0.1) is 61.9 Å². The highest BCUT2D eigenvalue weighted by atomic mass is 16.5. The van der Waals surface area contributed by atoms with Crippen molar-refractivity contribution in [3.63, 3.8) is 0 Å². The Labute approximate surface area is 278 Å². The molecule has 4 amide bonds. The number of aliphatic hydroxyl groups is 1. The van der Waals surface area contributed by atoms with Crippen molar-refractivity contribution in [2.75, 3.05) is 39.5 Å². The van der Waals surface area contributed by atoms with Gasteiger partial charge in [-0.05, 0) is 91.5 Å². The molecule has 5 atom stereocenters. The van der Waals surface area contributed by atoms with Crippen molar-refractivity contribution in [2.24, 2.45) is 22.8 Å². The van der Waals surface area contributed by atoms with E-state index < -0.39 is 23.7 Å². The molecule has 0 spiro atoms. The van der Waals surface area contributed by atoms with Gasteiger partial charge in [0.1, 0.15) is 0 Å². The first-order valence-corrected chi connectivity index (χ1v) is 17.9. The first kappa shape index (κ1) is 40.5. The second-order valence-corrected chi connectivity index (χ2v) is 14.1. The Hall–Kier alpha value is -1.70. The third-order valence-corrected chi connectivity index (χ3v) is 9.78. The summed E-state index contributed by atoms with van der Waals surface area (Å²) in [5.41, 5.74) is 9.49. The molecule has 2 bridgehead atoms. The van der Waals surface area contributed by atoms with Gasteiger partial charge in [-0.1, -0.05) is 33.1 Å². The first-order chi connectivity index (χ1) is 21.9. The van der Waals surface area contributed by atoms with E-state index >= 15 is 0 Å². The number of rotatable bonds is 14. The van der Waals surface area contributed by atoms with Crippen molar-refractivity contribution >= 4 is 12.1 Å². The van der Waals surface area contributed by atoms with Crippen LogP contribution in [0.2, 0.25) is 0 Å². The summed E-state index contributed by atoms with van der Waals surface area (Å²) in [6.07, 6.45) is 13.4. The Morgan fingerprint density at radius 2 is 1.61 bits per heavy atom. The number of nitrogens with one attached hydrogen (secondary N) is 3. The fourth-order valence-electron chi connectivity index (χ4n) is 6.86. The Kier molecular flexibility index (Phi) is 18.1. The summed E-state index contributed by atoms with van der Waals surface area (Å²) >= 11 is 0. The summed E-state index contributed by atoms with van der Waals surface area (Å²) in [5.74, 6) is 0.656. The summed E-state index contributed by atoms with van der Waals surface area (Å²) in [6.45, 7) is 15.6. The lowest BCUT2D eigenvalue weighted by molar-refractivity contribution is -0.155. The number of primary amides is 2. The molecule has 3 aliphatic heterocycles. The lowest BCUT2D eigenvalue weighted by Crippen LogP contribution is -2.57. The molecule has 12 heteroatoms. The molecule has 5 rings (SSSR count). The maximum Gasteiger partial charge on any atom is 0.312 e. The van der Waals surface area contributed by atoms with Gasteiger partial charge < -0.3 is 51.5 Å².